The van der Waals surface area contributed by atoms with Gasteiger partial charge in [0, 0.05) is 31.7 Å². The number of rotatable bonds is 9. The van der Waals surface area contributed by atoms with Crippen molar-refractivity contribution in [3.05, 3.63) is 41.5 Å². The summed E-state index contributed by atoms with van der Waals surface area (Å²) in [5, 5.41) is 11.5. The van der Waals surface area contributed by atoms with Gasteiger partial charge in [-0.2, -0.15) is 5.10 Å². The van der Waals surface area contributed by atoms with Crippen LogP contribution in [0, 0.1) is 0 Å². The fourth-order valence-corrected chi connectivity index (χ4v) is 3.84. The van der Waals surface area contributed by atoms with E-state index in [1.165, 1.54) is 0 Å². The van der Waals surface area contributed by atoms with Crippen molar-refractivity contribution in [2.24, 2.45) is 4.99 Å². The van der Waals surface area contributed by atoms with Crippen molar-refractivity contribution in [1.29, 1.82) is 0 Å². The van der Waals surface area contributed by atoms with Crippen LogP contribution in [0.3, 0.4) is 0 Å². The van der Waals surface area contributed by atoms with Gasteiger partial charge in [0.2, 0.25) is 0 Å². The third-order valence-electron chi connectivity index (χ3n) is 5.40. The Hall–Kier alpha value is -1.92. The summed E-state index contributed by atoms with van der Waals surface area (Å²) in [5.41, 5.74) is 1.13. The van der Waals surface area contributed by atoms with Gasteiger partial charge in [-0.25, -0.2) is 9.67 Å². The van der Waals surface area contributed by atoms with Gasteiger partial charge in [0.05, 0.1) is 26.2 Å². The van der Waals surface area contributed by atoms with Crippen LogP contribution >= 0.6 is 24.0 Å². The van der Waals surface area contributed by atoms with Crippen LogP contribution in [0.5, 0.6) is 5.75 Å². The summed E-state index contributed by atoms with van der Waals surface area (Å²) in [7, 11) is 7.51. The SMILES string of the molecule is CCNC(=NCC(c1ccccc1OC)N(C)C)NC1CCc2nc(COC)nn2C1.I. The first kappa shape index (κ1) is 26.3. The molecule has 32 heavy (non-hydrogen) atoms. The van der Waals surface area contributed by atoms with Crippen LogP contribution in [0.4, 0.5) is 0 Å². The van der Waals surface area contributed by atoms with Gasteiger partial charge in [-0.3, -0.25) is 4.99 Å². The number of ether oxygens (including phenoxy) is 2. The van der Waals surface area contributed by atoms with Crippen LogP contribution in [-0.2, 0) is 24.3 Å². The molecule has 0 radical (unpaired) electrons. The van der Waals surface area contributed by atoms with Gasteiger partial charge < -0.3 is 25.0 Å². The molecule has 9 nitrogen and oxygen atoms in total. The molecule has 2 atom stereocenters. The van der Waals surface area contributed by atoms with Gasteiger partial charge in [0.15, 0.2) is 11.8 Å². The zero-order chi connectivity index (χ0) is 22.2. The molecule has 0 saturated heterocycles. The number of aryl methyl sites for hydroxylation is 1. The Morgan fingerprint density at radius 1 is 1.31 bits per heavy atom. The first-order valence-corrected chi connectivity index (χ1v) is 10.8. The molecule has 0 saturated carbocycles. The van der Waals surface area contributed by atoms with E-state index >= 15 is 0 Å². The molecule has 0 fully saturated rings. The molecule has 0 aliphatic carbocycles. The fraction of sp³-hybridized carbons (Fsp3) is 0.591. The number of hydrogen-bond donors (Lipinski definition) is 2. The number of fused-ring (bicyclic) bond motifs is 1. The smallest absolute Gasteiger partial charge is 0.191 e. The largest absolute Gasteiger partial charge is 0.496 e. The zero-order valence-electron chi connectivity index (χ0n) is 19.7. The Morgan fingerprint density at radius 2 is 2.09 bits per heavy atom. The lowest BCUT2D eigenvalue weighted by atomic mass is 10.0. The molecule has 3 rings (SSSR count). The van der Waals surface area contributed by atoms with E-state index in [0.717, 1.165) is 54.9 Å². The molecule has 10 heteroatoms. The van der Waals surface area contributed by atoms with Gasteiger partial charge >= 0.3 is 0 Å². The number of likely N-dealkylation sites (N-methyl/N-ethyl adjacent to an activating group) is 1. The summed E-state index contributed by atoms with van der Waals surface area (Å²) in [6.07, 6.45) is 1.87. The van der Waals surface area contributed by atoms with Gasteiger partial charge in [0.1, 0.15) is 18.2 Å². The molecule has 0 bridgehead atoms. The topological polar surface area (TPSA) is 88.8 Å². The molecule has 0 spiro atoms. The van der Waals surface area contributed by atoms with E-state index in [-0.39, 0.29) is 36.1 Å². The lowest BCUT2D eigenvalue weighted by Crippen LogP contribution is -2.47. The number of nitrogens with one attached hydrogen (secondary N) is 2. The highest BCUT2D eigenvalue weighted by atomic mass is 127. The number of guanidine groups is 1. The van der Waals surface area contributed by atoms with E-state index in [9.17, 15) is 0 Å². The maximum atomic E-state index is 5.57. The average Bonchev–Trinajstić information content (AvgIpc) is 3.16. The highest BCUT2D eigenvalue weighted by Crippen LogP contribution is 2.28. The quantitative estimate of drug-likeness (QED) is 0.278. The predicted octanol–water partition coefficient (Wildman–Crippen LogP) is 2.22. The Balaban J connectivity index is 0.00000363. The Kier molecular flexibility index (Phi) is 10.7. The molecule has 2 heterocycles. The van der Waals surface area contributed by atoms with E-state index in [4.69, 9.17) is 14.5 Å². The number of halogens is 1. The molecular formula is C22H36IN7O2. The van der Waals surface area contributed by atoms with Crippen LogP contribution in [0.1, 0.15) is 36.6 Å². The van der Waals surface area contributed by atoms with Crippen molar-refractivity contribution in [3.63, 3.8) is 0 Å². The molecule has 2 aromatic rings. The van der Waals surface area contributed by atoms with Gasteiger partial charge in [-0.1, -0.05) is 18.2 Å². The second-order valence-electron chi connectivity index (χ2n) is 7.88. The molecule has 178 valence electrons. The van der Waals surface area contributed by atoms with Crippen molar-refractivity contribution in [2.75, 3.05) is 41.4 Å². The maximum absolute atomic E-state index is 5.57. The van der Waals surface area contributed by atoms with Crippen molar-refractivity contribution in [3.8, 4) is 5.75 Å². The van der Waals surface area contributed by atoms with Crippen molar-refractivity contribution in [2.45, 2.75) is 45.0 Å². The normalized spacial score (nSPS) is 16.8. The second-order valence-corrected chi connectivity index (χ2v) is 7.88. The van der Waals surface area contributed by atoms with Gasteiger partial charge in [0.25, 0.3) is 0 Å². The van der Waals surface area contributed by atoms with Gasteiger partial charge in [-0.15, -0.1) is 24.0 Å². The summed E-state index contributed by atoms with van der Waals surface area (Å²) in [5.74, 6) is 3.46. The molecule has 1 aliphatic heterocycles. The number of nitrogens with zero attached hydrogens (tertiary/aromatic N) is 5. The average molecular weight is 557 g/mol. The van der Waals surface area contributed by atoms with E-state index < -0.39 is 0 Å². The van der Waals surface area contributed by atoms with E-state index in [1.54, 1.807) is 14.2 Å². The third kappa shape index (κ3) is 6.79. The Bertz CT molecular complexity index is 872. The van der Waals surface area contributed by atoms with Crippen LogP contribution in [0.2, 0.25) is 0 Å². The van der Waals surface area contributed by atoms with Crippen molar-refractivity contribution < 1.29 is 9.47 Å². The Morgan fingerprint density at radius 3 is 2.78 bits per heavy atom. The van der Waals surface area contributed by atoms with Crippen LogP contribution in [0.25, 0.3) is 0 Å². The predicted molar refractivity (Wildman–Crippen MR) is 137 cm³/mol. The summed E-state index contributed by atoms with van der Waals surface area (Å²) in [4.78, 5) is 11.6. The summed E-state index contributed by atoms with van der Waals surface area (Å²) in [6.45, 7) is 4.69. The summed E-state index contributed by atoms with van der Waals surface area (Å²) in [6, 6.07) is 8.47. The number of benzene rings is 1. The van der Waals surface area contributed by atoms with Crippen LogP contribution in [-0.4, -0.2) is 73.1 Å². The maximum Gasteiger partial charge on any atom is 0.191 e. The standard InChI is InChI=1S/C22H35N7O2.HI/c1-6-23-22(24-13-18(28(2)3)17-9-7-8-10-19(17)31-5)25-16-11-12-21-26-20(15-30-4)27-29(21)14-16;/h7-10,16,18H,6,11-15H2,1-5H3,(H2,23,24,25);1H. The van der Waals surface area contributed by atoms with Crippen LogP contribution < -0.4 is 15.4 Å². The van der Waals surface area contributed by atoms with E-state index in [2.05, 4.69) is 52.7 Å². The molecular weight excluding hydrogens is 521 g/mol. The number of para-hydroxylation sites is 1. The molecule has 0 amide bonds. The summed E-state index contributed by atoms with van der Waals surface area (Å²) < 4.78 is 12.7. The van der Waals surface area contributed by atoms with Crippen molar-refractivity contribution >= 4 is 29.9 Å². The Labute approximate surface area is 208 Å². The summed E-state index contributed by atoms with van der Waals surface area (Å²) >= 11 is 0. The van der Waals surface area contributed by atoms with Crippen LogP contribution in [0.15, 0.2) is 29.3 Å². The second kappa shape index (κ2) is 12.9. The molecule has 1 aromatic heterocycles. The zero-order valence-corrected chi connectivity index (χ0v) is 22.0. The minimum absolute atomic E-state index is 0. The highest BCUT2D eigenvalue weighted by Gasteiger charge is 2.23. The number of aromatic nitrogens is 3. The minimum atomic E-state index is 0. The number of hydrogen-bond acceptors (Lipinski definition) is 6. The number of aliphatic imine (C=N–C) groups is 1. The lowest BCUT2D eigenvalue weighted by Gasteiger charge is -2.27. The fourth-order valence-electron chi connectivity index (χ4n) is 3.84. The minimum Gasteiger partial charge on any atom is -0.496 e. The molecule has 2 unspecified atom stereocenters. The van der Waals surface area contributed by atoms with Crippen molar-refractivity contribution in [1.82, 2.24) is 30.3 Å². The first-order chi connectivity index (χ1) is 15.0. The highest BCUT2D eigenvalue weighted by molar-refractivity contribution is 14.0. The lowest BCUT2D eigenvalue weighted by molar-refractivity contribution is 0.177. The molecule has 1 aliphatic rings. The van der Waals surface area contributed by atoms with E-state index in [0.29, 0.717) is 13.2 Å². The number of methoxy groups -OCH3 is 2. The monoisotopic (exact) mass is 557 g/mol. The third-order valence-corrected chi connectivity index (χ3v) is 5.40. The first-order valence-electron chi connectivity index (χ1n) is 10.8. The molecule has 2 N–H and O–H groups in total. The molecule has 1 aromatic carbocycles. The van der Waals surface area contributed by atoms with E-state index in [1.807, 2.05) is 22.9 Å². The van der Waals surface area contributed by atoms with Gasteiger partial charge in [-0.05, 0) is 33.5 Å².